The van der Waals surface area contributed by atoms with Crippen LogP contribution in [0.1, 0.15) is 32.3 Å². The quantitative estimate of drug-likeness (QED) is 0.236. The van der Waals surface area contributed by atoms with E-state index in [1.165, 1.54) is 20.3 Å². The van der Waals surface area contributed by atoms with Crippen molar-refractivity contribution in [2.24, 2.45) is 0 Å². The second-order valence-electron chi connectivity index (χ2n) is 6.92. The third-order valence-corrected chi connectivity index (χ3v) is 4.70. The van der Waals surface area contributed by atoms with Gasteiger partial charge in [0.2, 0.25) is 5.79 Å². The molecule has 1 heterocycles. The molecule has 0 bridgehead atoms. The number of allylic oxidation sites excluding steroid dienone is 1. The van der Waals surface area contributed by atoms with Gasteiger partial charge in [0, 0.05) is 13.7 Å². The lowest BCUT2D eigenvalue weighted by molar-refractivity contribution is -0.213. The number of carbonyl (C=O) groups is 2. The van der Waals surface area contributed by atoms with Gasteiger partial charge in [0.1, 0.15) is 0 Å². The Morgan fingerprint density at radius 1 is 1.13 bits per heavy atom. The van der Waals surface area contributed by atoms with E-state index in [-0.39, 0.29) is 12.2 Å². The molecule has 30 heavy (non-hydrogen) atoms. The highest BCUT2D eigenvalue weighted by molar-refractivity contribution is 5.92. The topological polar surface area (TPSA) is 80.3 Å². The lowest BCUT2D eigenvalue weighted by Crippen LogP contribution is -2.45. The van der Waals surface area contributed by atoms with Crippen molar-refractivity contribution in [3.8, 4) is 0 Å². The molecule has 2 rings (SSSR count). The van der Waals surface area contributed by atoms with Gasteiger partial charge in [-0.3, -0.25) is 0 Å². The summed E-state index contributed by atoms with van der Waals surface area (Å²) in [4.78, 5) is 24.7. The van der Waals surface area contributed by atoms with Gasteiger partial charge < -0.3 is 23.7 Å². The predicted octanol–water partition coefficient (Wildman–Crippen LogP) is 3.33. The van der Waals surface area contributed by atoms with E-state index in [1.807, 2.05) is 30.3 Å². The Labute approximate surface area is 177 Å². The van der Waals surface area contributed by atoms with Crippen LogP contribution in [0.25, 0.3) is 0 Å². The third-order valence-electron chi connectivity index (χ3n) is 4.70. The van der Waals surface area contributed by atoms with E-state index in [4.69, 9.17) is 23.7 Å². The fourth-order valence-corrected chi connectivity index (χ4v) is 3.10. The Kier molecular flexibility index (Phi) is 8.77. The highest BCUT2D eigenvalue weighted by atomic mass is 16.7. The van der Waals surface area contributed by atoms with Gasteiger partial charge in [0.25, 0.3) is 0 Å². The molecule has 1 aromatic rings. The minimum absolute atomic E-state index is 0.179. The number of unbranched alkanes of at least 4 members (excludes halogenated alkanes) is 1. The highest BCUT2D eigenvalue weighted by Gasteiger charge is 2.51. The predicted molar refractivity (Wildman–Crippen MR) is 110 cm³/mol. The SMILES string of the molecule is CCOC(=O)/C(=C\CCCOCc1ccccc1)[C@@]1(OC)C=C[C@@](C)(C(=O)OC)O1. The Morgan fingerprint density at radius 3 is 2.50 bits per heavy atom. The molecule has 0 unspecified atom stereocenters. The number of hydrogen-bond acceptors (Lipinski definition) is 7. The average molecular weight is 418 g/mol. The van der Waals surface area contributed by atoms with Crippen LogP contribution in [0.4, 0.5) is 0 Å². The molecule has 1 aliphatic rings. The van der Waals surface area contributed by atoms with Crippen molar-refractivity contribution in [3.63, 3.8) is 0 Å². The smallest absolute Gasteiger partial charge is 0.342 e. The van der Waals surface area contributed by atoms with Gasteiger partial charge in [-0.1, -0.05) is 36.4 Å². The van der Waals surface area contributed by atoms with Crippen molar-refractivity contribution in [2.45, 2.75) is 44.7 Å². The second-order valence-corrected chi connectivity index (χ2v) is 6.92. The van der Waals surface area contributed by atoms with E-state index in [0.29, 0.717) is 26.1 Å². The summed E-state index contributed by atoms with van der Waals surface area (Å²) in [5.41, 5.74) is -0.0845. The second kappa shape index (κ2) is 11.1. The van der Waals surface area contributed by atoms with Crippen LogP contribution < -0.4 is 0 Å². The van der Waals surface area contributed by atoms with Crippen molar-refractivity contribution >= 4 is 11.9 Å². The summed E-state index contributed by atoms with van der Waals surface area (Å²) in [6, 6.07) is 9.90. The summed E-state index contributed by atoms with van der Waals surface area (Å²) in [6.45, 7) is 4.53. The number of ether oxygens (including phenoxy) is 5. The first-order valence-corrected chi connectivity index (χ1v) is 9.94. The van der Waals surface area contributed by atoms with E-state index in [1.54, 1.807) is 26.0 Å². The van der Waals surface area contributed by atoms with E-state index >= 15 is 0 Å². The summed E-state index contributed by atoms with van der Waals surface area (Å²) >= 11 is 0. The molecular formula is C23H30O7. The molecule has 0 N–H and O–H groups in total. The maximum absolute atomic E-state index is 12.6. The first-order chi connectivity index (χ1) is 14.4. The summed E-state index contributed by atoms with van der Waals surface area (Å²) in [6.07, 6.45) is 6.01. The number of rotatable bonds is 11. The molecule has 0 radical (unpaired) electrons. The molecule has 0 saturated heterocycles. The third kappa shape index (κ3) is 5.78. The monoisotopic (exact) mass is 418 g/mol. The number of hydrogen-bond donors (Lipinski definition) is 0. The molecule has 0 aliphatic carbocycles. The highest BCUT2D eigenvalue weighted by Crippen LogP contribution is 2.38. The summed E-state index contributed by atoms with van der Waals surface area (Å²) in [5, 5.41) is 0. The first kappa shape index (κ1) is 23.8. The van der Waals surface area contributed by atoms with Crippen LogP contribution in [0.3, 0.4) is 0 Å². The van der Waals surface area contributed by atoms with Crippen LogP contribution in [-0.4, -0.2) is 50.8 Å². The van der Waals surface area contributed by atoms with Gasteiger partial charge in [0.05, 0.1) is 25.9 Å². The van der Waals surface area contributed by atoms with Gasteiger partial charge in [-0.05, 0) is 44.4 Å². The molecule has 0 fully saturated rings. The maximum Gasteiger partial charge on any atom is 0.342 e. The lowest BCUT2D eigenvalue weighted by atomic mass is 10.0. The van der Waals surface area contributed by atoms with Gasteiger partial charge in [-0.15, -0.1) is 0 Å². The van der Waals surface area contributed by atoms with Crippen LogP contribution >= 0.6 is 0 Å². The molecule has 0 saturated carbocycles. The van der Waals surface area contributed by atoms with Crippen molar-refractivity contribution < 1.29 is 33.3 Å². The number of esters is 2. The van der Waals surface area contributed by atoms with Gasteiger partial charge >= 0.3 is 11.9 Å². The van der Waals surface area contributed by atoms with Crippen LogP contribution in [0.2, 0.25) is 0 Å². The Morgan fingerprint density at radius 2 is 1.87 bits per heavy atom. The molecule has 2 atom stereocenters. The normalized spacial score (nSPS) is 23.4. The molecular weight excluding hydrogens is 388 g/mol. The van der Waals surface area contributed by atoms with Gasteiger partial charge in [0.15, 0.2) is 5.60 Å². The van der Waals surface area contributed by atoms with Crippen LogP contribution in [0.5, 0.6) is 0 Å². The van der Waals surface area contributed by atoms with Crippen LogP contribution in [0, 0.1) is 0 Å². The van der Waals surface area contributed by atoms with Crippen molar-refractivity contribution in [1.82, 2.24) is 0 Å². The molecule has 7 heteroatoms. The fraction of sp³-hybridized carbons (Fsp3) is 0.478. The minimum atomic E-state index is -1.53. The van der Waals surface area contributed by atoms with Crippen LogP contribution in [-0.2, 0) is 39.9 Å². The number of carbonyl (C=O) groups excluding carboxylic acids is 2. The summed E-state index contributed by atoms with van der Waals surface area (Å²) in [5.74, 6) is -2.68. The molecule has 1 aliphatic heterocycles. The molecule has 0 amide bonds. The Hall–Kier alpha value is -2.48. The number of benzene rings is 1. The number of methoxy groups -OCH3 is 2. The van der Waals surface area contributed by atoms with Crippen molar-refractivity contribution in [1.29, 1.82) is 0 Å². The molecule has 0 aromatic heterocycles. The van der Waals surface area contributed by atoms with E-state index in [2.05, 4.69) is 0 Å². The minimum Gasteiger partial charge on any atom is -0.467 e. The van der Waals surface area contributed by atoms with Crippen molar-refractivity contribution in [3.05, 3.63) is 59.7 Å². The van der Waals surface area contributed by atoms with Gasteiger partial charge in [-0.2, -0.15) is 0 Å². The summed E-state index contributed by atoms with van der Waals surface area (Å²) in [7, 11) is 2.68. The van der Waals surface area contributed by atoms with E-state index < -0.39 is 23.3 Å². The average Bonchev–Trinajstić information content (AvgIpc) is 3.12. The standard InChI is InChI=1S/C23H30O7/c1-5-29-20(24)19(13-9-10-16-28-17-18-11-7-6-8-12-18)23(27-4)15-14-22(2,30-23)21(25)26-3/h6-8,11-15H,5,9-10,16-17H2,1-4H3/b19-13+/t22-,23+/m0/s1. The maximum atomic E-state index is 12.6. The summed E-state index contributed by atoms with van der Waals surface area (Å²) < 4.78 is 27.1. The van der Waals surface area contributed by atoms with E-state index in [9.17, 15) is 9.59 Å². The lowest BCUT2D eigenvalue weighted by Gasteiger charge is -2.31. The molecule has 0 spiro atoms. The van der Waals surface area contributed by atoms with Crippen LogP contribution in [0.15, 0.2) is 54.1 Å². The molecule has 7 nitrogen and oxygen atoms in total. The largest absolute Gasteiger partial charge is 0.467 e. The zero-order valence-corrected chi connectivity index (χ0v) is 18.0. The van der Waals surface area contributed by atoms with E-state index in [0.717, 1.165) is 5.56 Å². The van der Waals surface area contributed by atoms with Gasteiger partial charge in [-0.25, -0.2) is 9.59 Å². The Balaban J connectivity index is 2.04. The fourth-order valence-electron chi connectivity index (χ4n) is 3.10. The zero-order chi connectivity index (χ0) is 22.0. The molecule has 1 aromatic carbocycles. The Bertz CT molecular complexity index is 771. The molecule has 164 valence electrons. The van der Waals surface area contributed by atoms with Crippen molar-refractivity contribution in [2.75, 3.05) is 27.4 Å². The zero-order valence-electron chi connectivity index (χ0n) is 18.0. The first-order valence-electron chi connectivity index (χ1n) is 9.94.